The normalized spacial score (nSPS) is 17.6. The maximum Gasteiger partial charge on any atom is 0.323 e. The summed E-state index contributed by atoms with van der Waals surface area (Å²) < 4.78 is 5.16. The highest BCUT2D eigenvalue weighted by molar-refractivity contribution is 6.30. The summed E-state index contributed by atoms with van der Waals surface area (Å²) in [7, 11) is 0. The van der Waals surface area contributed by atoms with Gasteiger partial charge >= 0.3 is 5.97 Å². The van der Waals surface area contributed by atoms with Gasteiger partial charge in [-0.2, -0.15) is 0 Å². The van der Waals surface area contributed by atoms with E-state index in [2.05, 4.69) is 15.9 Å². The third kappa shape index (κ3) is 4.11. The van der Waals surface area contributed by atoms with Crippen LogP contribution in [-0.2, 0) is 9.53 Å². The summed E-state index contributed by atoms with van der Waals surface area (Å²) in [5.74, 6) is -0.101. The molecular formula is C16H23ClN2O2. The molecule has 0 radical (unpaired) electrons. The van der Waals surface area contributed by atoms with Crippen molar-refractivity contribution in [1.82, 2.24) is 4.90 Å². The Labute approximate surface area is 131 Å². The topological polar surface area (TPSA) is 32.8 Å². The van der Waals surface area contributed by atoms with Crippen LogP contribution in [0.25, 0.3) is 0 Å². The molecule has 0 bridgehead atoms. The minimum atomic E-state index is -0.119. The van der Waals surface area contributed by atoms with Crippen LogP contribution in [0.5, 0.6) is 0 Å². The molecular weight excluding hydrogens is 288 g/mol. The van der Waals surface area contributed by atoms with Gasteiger partial charge in [-0.1, -0.05) is 24.6 Å². The molecule has 0 amide bonds. The number of esters is 1. The molecule has 1 aliphatic heterocycles. The molecule has 0 aromatic heterocycles. The van der Waals surface area contributed by atoms with E-state index in [-0.39, 0.29) is 12.0 Å². The molecule has 1 aromatic rings. The van der Waals surface area contributed by atoms with Gasteiger partial charge in [0.25, 0.3) is 0 Å². The van der Waals surface area contributed by atoms with Gasteiger partial charge in [0.1, 0.15) is 6.04 Å². The molecule has 0 aliphatic carbocycles. The Kier molecular flexibility index (Phi) is 5.88. The highest BCUT2D eigenvalue weighted by Crippen LogP contribution is 2.21. The molecule has 0 spiro atoms. The first-order chi connectivity index (χ1) is 10.2. The van der Waals surface area contributed by atoms with Crippen LogP contribution in [0.4, 0.5) is 5.69 Å². The fourth-order valence-corrected chi connectivity index (χ4v) is 2.96. The fourth-order valence-electron chi connectivity index (χ4n) is 2.78. The van der Waals surface area contributed by atoms with Gasteiger partial charge in [0.15, 0.2) is 0 Å². The molecule has 1 unspecified atom stereocenters. The number of ether oxygens (including phenoxy) is 1. The summed E-state index contributed by atoms with van der Waals surface area (Å²) >= 11 is 6.04. The predicted molar refractivity (Wildman–Crippen MR) is 86.0 cm³/mol. The van der Waals surface area contributed by atoms with Crippen molar-refractivity contribution in [3.63, 3.8) is 0 Å². The lowest BCUT2D eigenvalue weighted by atomic mass is 10.1. The van der Waals surface area contributed by atoms with Crippen molar-refractivity contribution in [1.29, 1.82) is 0 Å². The SMILES string of the molecule is CCOC(=O)C(CC)N1CCN(c2cccc(Cl)c2)CC1. The van der Waals surface area contributed by atoms with Crippen molar-refractivity contribution in [2.45, 2.75) is 26.3 Å². The first-order valence-corrected chi connectivity index (χ1v) is 7.94. The summed E-state index contributed by atoms with van der Waals surface area (Å²) in [6.45, 7) is 7.85. The van der Waals surface area contributed by atoms with Crippen molar-refractivity contribution in [2.75, 3.05) is 37.7 Å². The van der Waals surface area contributed by atoms with E-state index in [0.717, 1.165) is 43.3 Å². The van der Waals surface area contributed by atoms with E-state index in [0.29, 0.717) is 6.61 Å². The number of anilines is 1. The fraction of sp³-hybridized carbons (Fsp3) is 0.562. The van der Waals surface area contributed by atoms with Crippen LogP contribution in [0.2, 0.25) is 5.02 Å². The average Bonchev–Trinajstić information content (AvgIpc) is 2.49. The Bertz CT molecular complexity index is 473. The van der Waals surface area contributed by atoms with Gasteiger partial charge in [-0.3, -0.25) is 9.69 Å². The Morgan fingerprint density at radius 1 is 1.29 bits per heavy atom. The van der Waals surface area contributed by atoms with Gasteiger partial charge in [0.2, 0.25) is 0 Å². The van der Waals surface area contributed by atoms with Gasteiger partial charge < -0.3 is 9.64 Å². The van der Waals surface area contributed by atoms with E-state index in [1.807, 2.05) is 32.0 Å². The second kappa shape index (κ2) is 7.66. The molecule has 1 atom stereocenters. The number of carbonyl (C=O) groups excluding carboxylic acids is 1. The van der Waals surface area contributed by atoms with Crippen molar-refractivity contribution >= 4 is 23.3 Å². The lowest BCUT2D eigenvalue weighted by molar-refractivity contribution is -0.149. The van der Waals surface area contributed by atoms with Crippen LogP contribution >= 0.6 is 11.6 Å². The minimum Gasteiger partial charge on any atom is -0.465 e. The number of piperazine rings is 1. The van der Waals surface area contributed by atoms with Crippen molar-refractivity contribution < 1.29 is 9.53 Å². The Morgan fingerprint density at radius 2 is 2.00 bits per heavy atom. The van der Waals surface area contributed by atoms with Crippen LogP contribution < -0.4 is 4.90 Å². The zero-order valence-corrected chi connectivity index (χ0v) is 13.5. The summed E-state index contributed by atoms with van der Waals surface area (Å²) in [6, 6.07) is 7.79. The molecule has 1 saturated heterocycles. The monoisotopic (exact) mass is 310 g/mol. The molecule has 1 aliphatic rings. The number of benzene rings is 1. The second-order valence-electron chi connectivity index (χ2n) is 5.18. The quantitative estimate of drug-likeness (QED) is 0.783. The van der Waals surface area contributed by atoms with Crippen molar-refractivity contribution in [3.05, 3.63) is 29.3 Å². The third-order valence-corrected chi connectivity index (χ3v) is 4.11. The molecule has 1 heterocycles. The largest absolute Gasteiger partial charge is 0.465 e. The van der Waals surface area contributed by atoms with Crippen LogP contribution in [0, 0.1) is 0 Å². The number of carbonyl (C=O) groups is 1. The maximum atomic E-state index is 12.0. The van der Waals surface area contributed by atoms with Gasteiger partial charge in [0.05, 0.1) is 6.61 Å². The van der Waals surface area contributed by atoms with E-state index < -0.39 is 0 Å². The zero-order chi connectivity index (χ0) is 15.2. The number of hydrogen-bond acceptors (Lipinski definition) is 4. The molecule has 1 fully saturated rings. The van der Waals surface area contributed by atoms with E-state index in [4.69, 9.17) is 16.3 Å². The van der Waals surface area contributed by atoms with Crippen LogP contribution in [-0.4, -0.2) is 49.7 Å². The van der Waals surface area contributed by atoms with E-state index in [1.54, 1.807) is 0 Å². The van der Waals surface area contributed by atoms with Crippen molar-refractivity contribution in [2.24, 2.45) is 0 Å². The molecule has 4 nitrogen and oxygen atoms in total. The highest BCUT2D eigenvalue weighted by atomic mass is 35.5. The van der Waals surface area contributed by atoms with Crippen LogP contribution in [0.3, 0.4) is 0 Å². The smallest absolute Gasteiger partial charge is 0.323 e. The lowest BCUT2D eigenvalue weighted by Gasteiger charge is -2.39. The first kappa shape index (κ1) is 16.1. The maximum absolute atomic E-state index is 12.0. The molecule has 5 heteroatoms. The standard InChI is InChI=1S/C16H23ClN2O2/c1-3-15(16(20)21-4-2)19-10-8-18(9-11-19)14-7-5-6-13(17)12-14/h5-7,12,15H,3-4,8-11H2,1-2H3. The van der Waals surface area contributed by atoms with Crippen LogP contribution in [0.1, 0.15) is 20.3 Å². The Balaban J connectivity index is 1.94. The number of hydrogen-bond donors (Lipinski definition) is 0. The number of rotatable bonds is 5. The molecule has 116 valence electrons. The lowest BCUT2D eigenvalue weighted by Crippen LogP contribution is -2.53. The molecule has 1 aromatic carbocycles. The van der Waals surface area contributed by atoms with E-state index in [9.17, 15) is 4.79 Å². The third-order valence-electron chi connectivity index (χ3n) is 3.87. The van der Waals surface area contributed by atoms with E-state index >= 15 is 0 Å². The summed E-state index contributed by atoms with van der Waals surface area (Å²) in [5.41, 5.74) is 1.14. The first-order valence-electron chi connectivity index (χ1n) is 7.57. The van der Waals surface area contributed by atoms with Gasteiger partial charge in [-0.25, -0.2) is 0 Å². The van der Waals surface area contributed by atoms with Crippen LogP contribution in [0.15, 0.2) is 24.3 Å². The van der Waals surface area contributed by atoms with E-state index in [1.165, 1.54) is 0 Å². The summed E-state index contributed by atoms with van der Waals surface area (Å²) in [6.07, 6.45) is 0.788. The average molecular weight is 311 g/mol. The summed E-state index contributed by atoms with van der Waals surface area (Å²) in [5, 5.41) is 0.757. The Hall–Kier alpha value is -1.26. The number of nitrogens with zero attached hydrogens (tertiary/aromatic N) is 2. The number of halogens is 1. The minimum absolute atomic E-state index is 0.101. The Morgan fingerprint density at radius 3 is 2.57 bits per heavy atom. The van der Waals surface area contributed by atoms with Gasteiger partial charge in [-0.15, -0.1) is 0 Å². The summed E-state index contributed by atoms with van der Waals surface area (Å²) in [4.78, 5) is 16.5. The molecule has 0 saturated carbocycles. The van der Waals surface area contributed by atoms with Gasteiger partial charge in [-0.05, 0) is 31.5 Å². The predicted octanol–water partition coefficient (Wildman–Crippen LogP) is 2.80. The highest BCUT2D eigenvalue weighted by Gasteiger charge is 2.28. The zero-order valence-electron chi connectivity index (χ0n) is 12.7. The molecule has 21 heavy (non-hydrogen) atoms. The molecule has 2 rings (SSSR count). The van der Waals surface area contributed by atoms with Crippen molar-refractivity contribution in [3.8, 4) is 0 Å². The molecule has 0 N–H and O–H groups in total. The second-order valence-corrected chi connectivity index (χ2v) is 5.62. The van der Waals surface area contributed by atoms with Gasteiger partial charge in [0, 0.05) is 36.9 Å².